The van der Waals surface area contributed by atoms with E-state index in [2.05, 4.69) is 4.74 Å². The van der Waals surface area contributed by atoms with Gasteiger partial charge in [-0.05, 0) is 56.7 Å². The molecule has 0 radical (unpaired) electrons. The number of urea groups is 1. The fourth-order valence-electron chi connectivity index (χ4n) is 3.74. The lowest BCUT2D eigenvalue weighted by Gasteiger charge is -2.38. The van der Waals surface area contributed by atoms with E-state index in [1.807, 2.05) is 0 Å². The molecule has 11 heteroatoms. The number of piperazine rings is 1. The summed E-state index contributed by atoms with van der Waals surface area (Å²) in [5, 5.41) is 0. The maximum atomic E-state index is 13.6. The number of methoxy groups -OCH3 is 1. The fourth-order valence-corrected chi connectivity index (χ4v) is 3.74. The van der Waals surface area contributed by atoms with Crippen LogP contribution in [0.25, 0.3) is 0 Å². The SMILES string of the molecule is COC(=O)c1ccc(CN(C(=O)N2CCN(C(=O)OC(C)(C)C)CC2)c2cccc(C(F)(F)F)c2)cc1. The van der Waals surface area contributed by atoms with Crippen LogP contribution in [0, 0.1) is 0 Å². The minimum atomic E-state index is -4.58. The molecule has 2 aromatic carbocycles. The van der Waals surface area contributed by atoms with Gasteiger partial charge >= 0.3 is 24.3 Å². The molecule has 0 unspecified atom stereocenters. The van der Waals surface area contributed by atoms with E-state index < -0.39 is 35.4 Å². The van der Waals surface area contributed by atoms with Crippen LogP contribution in [0.1, 0.15) is 42.3 Å². The summed E-state index contributed by atoms with van der Waals surface area (Å²) in [6.45, 7) is 6.08. The van der Waals surface area contributed by atoms with Crippen LogP contribution >= 0.6 is 0 Å². The second kappa shape index (κ2) is 11.1. The highest BCUT2D eigenvalue weighted by Crippen LogP contribution is 2.32. The van der Waals surface area contributed by atoms with Crippen molar-refractivity contribution in [3.8, 4) is 0 Å². The van der Waals surface area contributed by atoms with Gasteiger partial charge in [0.15, 0.2) is 0 Å². The first kappa shape index (κ1) is 27.8. The van der Waals surface area contributed by atoms with Crippen molar-refractivity contribution in [2.45, 2.75) is 39.1 Å². The van der Waals surface area contributed by atoms with Gasteiger partial charge in [0.2, 0.25) is 0 Å². The molecular formula is C26H30F3N3O5. The van der Waals surface area contributed by atoms with Crippen molar-refractivity contribution in [2.75, 3.05) is 38.2 Å². The molecule has 1 heterocycles. The second-order valence-corrected chi connectivity index (χ2v) is 9.56. The van der Waals surface area contributed by atoms with Gasteiger partial charge in [0.05, 0.1) is 24.8 Å². The molecule has 0 spiro atoms. The lowest BCUT2D eigenvalue weighted by Crippen LogP contribution is -2.54. The van der Waals surface area contributed by atoms with E-state index in [0.717, 1.165) is 12.1 Å². The molecule has 3 amide bonds. The van der Waals surface area contributed by atoms with E-state index >= 15 is 0 Å². The van der Waals surface area contributed by atoms with Crippen molar-refractivity contribution in [1.29, 1.82) is 0 Å². The standard InChI is InChI=1S/C26H30F3N3O5/c1-25(2,3)37-24(35)31-14-12-30(13-15-31)23(34)32(21-7-5-6-20(16-21)26(27,28)29)17-18-8-10-19(11-9-18)22(33)36-4/h5-11,16H,12-15,17H2,1-4H3. The van der Waals surface area contributed by atoms with Gasteiger partial charge in [0, 0.05) is 31.9 Å². The van der Waals surface area contributed by atoms with Crippen molar-refractivity contribution >= 4 is 23.8 Å². The molecule has 2 aromatic rings. The molecule has 1 aliphatic rings. The number of amides is 3. The lowest BCUT2D eigenvalue weighted by molar-refractivity contribution is -0.137. The van der Waals surface area contributed by atoms with Crippen LogP contribution in [0.5, 0.6) is 0 Å². The predicted molar refractivity (Wildman–Crippen MR) is 130 cm³/mol. The van der Waals surface area contributed by atoms with Gasteiger partial charge in [-0.1, -0.05) is 18.2 Å². The molecule has 1 aliphatic heterocycles. The number of halogens is 3. The minimum Gasteiger partial charge on any atom is -0.465 e. The summed E-state index contributed by atoms with van der Waals surface area (Å²) < 4.78 is 50.3. The Morgan fingerprint density at radius 3 is 2.05 bits per heavy atom. The third kappa shape index (κ3) is 7.37. The number of anilines is 1. The Morgan fingerprint density at radius 1 is 0.919 bits per heavy atom. The molecule has 37 heavy (non-hydrogen) atoms. The number of alkyl halides is 3. The van der Waals surface area contributed by atoms with Gasteiger partial charge in [-0.2, -0.15) is 13.2 Å². The highest BCUT2D eigenvalue weighted by atomic mass is 19.4. The molecule has 0 saturated carbocycles. The van der Waals surface area contributed by atoms with E-state index in [1.54, 1.807) is 32.9 Å². The van der Waals surface area contributed by atoms with Crippen molar-refractivity contribution in [1.82, 2.24) is 9.80 Å². The molecular weight excluding hydrogens is 491 g/mol. The highest BCUT2D eigenvalue weighted by Gasteiger charge is 2.33. The fraction of sp³-hybridized carbons (Fsp3) is 0.423. The first-order chi connectivity index (χ1) is 17.3. The van der Waals surface area contributed by atoms with Gasteiger partial charge in [-0.15, -0.1) is 0 Å². The topological polar surface area (TPSA) is 79.4 Å². The molecule has 3 rings (SSSR count). The summed E-state index contributed by atoms with van der Waals surface area (Å²) in [5.41, 5.74) is -0.550. The molecule has 1 fully saturated rings. The molecule has 0 aliphatic carbocycles. The van der Waals surface area contributed by atoms with E-state index in [0.29, 0.717) is 11.1 Å². The number of nitrogens with zero attached hydrogens (tertiary/aromatic N) is 3. The smallest absolute Gasteiger partial charge is 0.416 e. The molecule has 200 valence electrons. The lowest BCUT2D eigenvalue weighted by atomic mass is 10.1. The van der Waals surface area contributed by atoms with Gasteiger partial charge in [0.25, 0.3) is 0 Å². The van der Waals surface area contributed by atoms with Crippen molar-refractivity contribution in [2.24, 2.45) is 0 Å². The average Bonchev–Trinajstić information content (AvgIpc) is 2.85. The molecule has 0 N–H and O–H groups in total. The summed E-state index contributed by atoms with van der Waals surface area (Å²) in [7, 11) is 1.26. The number of esters is 1. The van der Waals surface area contributed by atoms with Crippen LogP contribution in [0.15, 0.2) is 48.5 Å². The number of carbonyl (C=O) groups excluding carboxylic acids is 3. The Balaban J connectivity index is 1.83. The third-order valence-corrected chi connectivity index (χ3v) is 5.63. The van der Waals surface area contributed by atoms with E-state index in [-0.39, 0.29) is 38.4 Å². The number of benzene rings is 2. The van der Waals surface area contributed by atoms with Gasteiger partial charge < -0.3 is 19.3 Å². The maximum absolute atomic E-state index is 13.6. The van der Waals surface area contributed by atoms with Crippen LogP contribution in [0.3, 0.4) is 0 Å². The number of hydrogen-bond donors (Lipinski definition) is 0. The number of ether oxygens (including phenoxy) is 2. The Morgan fingerprint density at radius 2 is 1.51 bits per heavy atom. The zero-order valence-corrected chi connectivity index (χ0v) is 21.2. The van der Waals surface area contributed by atoms with Crippen LogP contribution in [-0.2, 0) is 22.2 Å². The molecule has 0 aromatic heterocycles. The van der Waals surface area contributed by atoms with Crippen molar-refractivity contribution in [3.05, 3.63) is 65.2 Å². The molecule has 1 saturated heterocycles. The Bertz CT molecular complexity index is 1120. The summed E-state index contributed by atoms with van der Waals surface area (Å²) in [6.07, 6.45) is -5.06. The largest absolute Gasteiger partial charge is 0.465 e. The summed E-state index contributed by atoms with van der Waals surface area (Å²) in [6, 6.07) is 10.3. The van der Waals surface area contributed by atoms with E-state index in [4.69, 9.17) is 4.74 Å². The summed E-state index contributed by atoms with van der Waals surface area (Å²) >= 11 is 0. The predicted octanol–water partition coefficient (Wildman–Crippen LogP) is 5.17. The molecule has 0 atom stereocenters. The molecule has 8 nitrogen and oxygen atoms in total. The second-order valence-electron chi connectivity index (χ2n) is 9.56. The average molecular weight is 522 g/mol. The zero-order chi connectivity index (χ0) is 27.4. The Kier molecular flexibility index (Phi) is 8.35. The van der Waals surface area contributed by atoms with Gasteiger partial charge in [0.1, 0.15) is 5.60 Å². The van der Waals surface area contributed by atoms with Gasteiger partial charge in [-0.25, -0.2) is 14.4 Å². The van der Waals surface area contributed by atoms with Crippen molar-refractivity contribution in [3.63, 3.8) is 0 Å². The Hall–Kier alpha value is -3.76. The zero-order valence-electron chi connectivity index (χ0n) is 21.2. The van der Waals surface area contributed by atoms with Crippen LogP contribution < -0.4 is 4.90 Å². The van der Waals surface area contributed by atoms with Crippen LogP contribution in [0.4, 0.5) is 28.4 Å². The number of carbonyl (C=O) groups is 3. The quantitative estimate of drug-likeness (QED) is 0.519. The Labute approximate surface area is 213 Å². The highest BCUT2D eigenvalue weighted by molar-refractivity contribution is 5.92. The van der Waals surface area contributed by atoms with E-state index in [1.165, 1.54) is 46.1 Å². The van der Waals surface area contributed by atoms with Crippen LogP contribution in [0.2, 0.25) is 0 Å². The minimum absolute atomic E-state index is 0.0339. The number of hydrogen-bond acceptors (Lipinski definition) is 5. The molecule has 0 bridgehead atoms. The third-order valence-electron chi connectivity index (χ3n) is 5.63. The summed E-state index contributed by atoms with van der Waals surface area (Å²) in [5.74, 6) is -0.528. The van der Waals surface area contributed by atoms with Gasteiger partial charge in [-0.3, -0.25) is 4.90 Å². The first-order valence-electron chi connectivity index (χ1n) is 11.7. The van der Waals surface area contributed by atoms with Crippen LogP contribution in [-0.4, -0.2) is 66.8 Å². The summed E-state index contributed by atoms with van der Waals surface area (Å²) in [4.78, 5) is 41.9. The van der Waals surface area contributed by atoms with Crippen molar-refractivity contribution < 1.29 is 37.0 Å². The number of rotatable bonds is 4. The normalized spacial score (nSPS) is 14.2. The maximum Gasteiger partial charge on any atom is 0.416 e. The first-order valence-corrected chi connectivity index (χ1v) is 11.7. The monoisotopic (exact) mass is 521 g/mol. The van der Waals surface area contributed by atoms with E-state index in [9.17, 15) is 27.6 Å².